The molecule has 1 saturated heterocycles. The third-order valence-corrected chi connectivity index (χ3v) is 6.99. The number of benzene rings is 1. The zero-order valence-electron chi connectivity index (χ0n) is 16.2. The number of hydrogen-bond donors (Lipinski definition) is 0. The predicted octanol–water partition coefficient (Wildman–Crippen LogP) is 3.18. The third kappa shape index (κ3) is 4.37. The zero-order valence-corrected chi connectivity index (χ0v) is 17.8. The van der Waals surface area contributed by atoms with E-state index >= 15 is 0 Å². The Morgan fingerprint density at radius 1 is 1.00 bits per heavy atom. The minimum absolute atomic E-state index is 0.0369. The molecule has 1 amide bonds. The molecule has 0 atom stereocenters. The summed E-state index contributed by atoms with van der Waals surface area (Å²) in [5.41, 5.74) is 1.49. The van der Waals surface area contributed by atoms with Gasteiger partial charge in [0.1, 0.15) is 5.15 Å². The van der Waals surface area contributed by atoms with Crippen molar-refractivity contribution in [1.29, 1.82) is 0 Å². The lowest BCUT2D eigenvalue weighted by Gasteiger charge is -2.34. The normalized spacial score (nSPS) is 16.2. The fraction of sp³-hybridized carbons (Fsp3) is 0.400. The molecule has 8 heteroatoms. The van der Waals surface area contributed by atoms with Crippen molar-refractivity contribution in [3.63, 3.8) is 0 Å². The first-order valence-electron chi connectivity index (χ1n) is 9.10. The molecule has 28 heavy (non-hydrogen) atoms. The summed E-state index contributed by atoms with van der Waals surface area (Å²) < 4.78 is 27.3. The van der Waals surface area contributed by atoms with E-state index in [-0.39, 0.29) is 29.3 Å². The molecule has 6 nitrogen and oxygen atoms in total. The van der Waals surface area contributed by atoms with Crippen LogP contribution >= 0.6 is 11.6 Å². The molecule has 2 aromatic rings. The van der Waals surface area contributed by atoms with Gasteiger partial charge in [0.2, 0.25) is 10.0 Å². The van der Waals surface area contributed by atoms with Gasteiger partial charge in [0, 0.05) is 32.4 Å². The van der Waals surface area contributed by atoms with Crippen LogP contribution in [0.4, 0.5) is 0 Å². The van der Waals surface area contributed by atoms with Gasteiger partial charge in [0.05, 0.1) is 10.5 Å². The maximum atomic E-state index is 12.9. The number of halogens is 1. The molecule has 150 valence electrons. The number of nitrogens with zero attached hydrogens (tertiary/aromatic N) is 3. The summed E-state index contributed by atoms with van der Waals surface area (Å²) in [5.74, 6) is -0.171. The molecule has 0 unspecified atom stereocenters. The molecule has 3 rings (SSSR count). The van der Waals surface area contributed by atoms with E-state index in [1.165, 1.54) is 10.5 Å². The van der Waals surface area contributed by atoms with Gasteiger partial charge in [-0.25, -0.2) is 13.4 Å². The van der Waals surface area contributed by atoms with Gasteiger partial charge in [-0.15, -0.1) is 0 Å². The molecule has 0 N–H and O–H groups in total. The number of rotatable bonds is 3. The Kier molecular flexibility index (Phi) is 5.79. The van der Waals surface area contributed by atoms with Gasteiger partial charge in [0.15, 0.2) is 0 Å². The van der Waals surface area contributed by atoms with E-state index in [1.807, 2.05) is 12.1 Å². The van der Waals surface area contributed by atoms with Crippen LogP contribution in [0.25, 0.3) is 0 Å². The van der Waals surface area contributed by atoms with Crippen molar-refractivity contribution in [2.75, 3.05) is 26.2 Å². The molecule has 0 radical (unpaired) electrons. The highest BCUT2D eigenvalue weighted by Crippen LogP contribution is 2.25. The molecule has 1 aliphatic heterocycles. The van der Waals surface area contributed by atoms with Gasteiger partial charge in [-0.3, -0.25) is 4.79 Å². The molecule has 0 spiro atoms. The molecule has 0 bridgehead atoms. The largest absolute Gasteiger partial charge is 0.336 e. The van der Waals surface area contributed by atoms with Crippen LogP contribution < -0.4 is 0 Å². The van der Waals surface area contributed by atoms with Crippen LogP contribution in [0.2, 0.25) is 5.15 Å². The van der Waals surface area contributed by atoms with E-state index in [4.69, 9.17) is 11.6 Å². The highest BCUT2D eigenvalue weighted by molar-refractivity contribution is 7.89. The Bertz CT molecular complexity index is 944. The second-order valence-electron chi connectivity index (χ2n) is 7.84. The Hall–Kier alpha value is -1.96. The standard InChI is InChI=1S/C20H24ClN3O3S/c1-20(2,3)16-5-7-17(8-6-16)28(26,27)24-12-10-23(11-13-24)19(25)15-4-9-18(21)22-14-15/h4-9,14H,10-13H2,1-3H3. The first-order valence-corrected chi connectivity index (χ1v) is 10.9. The molecule has 1 aliphatic rings. The lowest BCUT2D eigenvalue weighted by atomic mass is 9.87. The molecule has 0 saturated carbocycles. The van der Waals surface area contributed by atoms with E-state index in [2.05, 4.69) is 25.8 Å². The van der Waals surface area contributed by atoms with Crippen molar-refractivity contribution in [3.05, 3.63) is 58.9 Å². The summed E-state index contributed by atoms with van der Waals surface area (Å²) in [5, 5.41) is 0.324. The van der Waals surface area contributed by atoms with E-state index < -0.39 is 10.0 Å². The lowest BCUT2D eigenvalue weighted by molar-refractivity contribution is 0.0697. The first kappa shape index (κ1) is 20.8. The van der Waals surface area contributed by atoms with E-state index in [0.717, 1.165) is 5.56 Å². The number of hydrogen-bond acceptors (Lipinski definition) is 4. The number of sulfonamides is 1. The van der Waals surface area contributed by atoms with Crippen LogP contribution in [0.15, 0.2) is 47.5 Å². The number of carbonyl (C=O) groups is 1. The molecule has 1 aromatic carbocycles. The number of aromatic nitrogens is 1. The molecular formula is C20H24ClN3O3S. The molecule has 1 fully saturated rings. The minimum Gasteiger partial charge on any atom is -0.336 e. The highest BCUT2D eigenvalue weighted by Gasteiger charge is 2.30. The molecule has 0 aliphatic carbocycles. The van der Waals surface area contributed by atoms with Crippen LogP contribution in [-0.4, -0.2) is 54.7 Å². The number of piperazine rings is 1. The highest BCUT2D eigenvalue weighted by atomic mass is 35.5. The topological polar surface area (TPSA) is 70.6 Å². The van der Waals surface area contributed by atoms with Crippen molar-refractivity contribution >= 4 is 27.5 Å². The monoisotopic (exact) mass is 421 g/mol. The van der Waals surface area contributed by atoms with Crippen molar-refractivity contribution in [1.82, 2.24) is 14.2 Å². The Morgan fingerprint density at radius 3 is 2.11 bits per heavy atom. The van der Waals surface area contributed by atoms with Crippen molar-refractivity contribution in [2.45, 2.75) is 31.1 Å². The van der Waals surface area contributed by atoms with Gasteiger partial charge in [-0.1, -0.05) is 44.5 Å². The van der Waals surface area contributed by atoms with E-state index in [0.29, 0.717) is 23.8 Å². The Labute approximate surface area is 171 Å². The van der Waals surface area contributed by atoms with Gasteiger partial charge in [0.25, 0.3) is 5.91 Å². The second kappa shape index (κ2) is 7.81. The van der Waals surface area contributed by atoms with E-state index in [1.54, 1.807) is 29.2 Å². The minimum atomic E-state index is -3.58. The van der Waals surface area contributed by atoms with Crippen LogP contribution in [0, 0.1) is 0 Å². The number of pyridine rings is 1. The summed E-state index contributed by atoms with van der Waals surface area (Å²) in [6, 6.07) is 10.2. The fourth-order valence-corrected chi connectivity index (χ4v) is 4.63. The van der Waals surface area contributed by atoms with Crippen molar-refractivity contribution in [3.8, 4) is 0 Å². The summed E-state index contributed by atoms with van der Waals surface area (Å²) >= 11 is 5.75. The Balaban J connectivity index is 1.68. The SMILES string of the molecule is CC(C)(C)c1ccc(S(=O)(=O)N2CCN(C(=O)c3ccc(Cl)nc3)CC2)cc1. The van der Waals surface area contributed by atoms with Crippen LogP contribution in [0.3, 0.4) is 0 Å². The predicted molar refractivity (Wildman–Crippen MR) is 109 cm³/mol. The number of amides is 1. The number of carbonyl (C=O) groups excluding carboxylic acids is 1. The maximum Gasteiger partial charge on any atom is 0.255 e. The van der Waals surface area contributed by atoms with Gasteiger partial charge >= 0.3 is 0 Å². The summed E-state index contributed by atoms with van der Waals surface area (Å²) in [7, 11) is -3.58. The zero-order chi connectivity index (χ0) is 20.5. The average Bonchev–Trinajstić information content (AvgIpc) is 2.67. The summed E-state index contributed by atoms with van der Waals surface area (Å²) in [6.07, 6.45) is 1.44. The van der Waals surface area contributed by atoms with E-state index in [9.17, 15) is 13.2 Å². The van der Waals surface area contributed by atoms with Crippen molar-refractivity contribution < 1.29 is 13.2 Å². The van der Waals surface area contributed by atoms with Crippen molar-refractivity contribution in [2.24, 2.45) is 0 Å². The lowest BCUT2D eigenvalue weighted by Crippen LogP contribution is -2.50. The quantitative estimate of drug-likeness (QED) is 0.713. The van der Waals surface area contributed by atoms with Crippen LogP contribution in [-0.2, 0) is 15.4 Å². The summed E-state index contributed by atoms with van der Waals surface area (Å²) in [4.78, 5) is 18.4. The average molecular weight is 422 g/mol. The third-order valence-electron chi connectivity index (χ3n) is 4.86. The van der Waals surface area contributed by atoms with Gasteiger partial charge < -0.3 is 4.90 Å². The molecule has 1 aromatic heterocycles. The maximum absolute atomic E-state index is 12.9. The van der Waals surface area contributed by atoms with Crippen LogP contribution in [0.5, 0.6) is 0 Å². The molecular weight excluding hydrogens is 398 g/mol. The van der Waals surface area contributed by atoms with Crippen LogP contribution in [0.1, 0.15) is 36.7 Å². The van der Waals surface area contributed by atoms with Gasteiger partial charge in [-0.2, -0.15) is 4.31 Å². The van der Waals surface area contributed by atoms with Gasteiger partial charge in [-0.05, 0) is 35.2 Å². The first-order chi connectivity index (χ1) is 13.1. The molecule has 2 heterocycles. The fourth-order valence-electron chi connectivity index (χ4n) is 3.09. The summed E-state index contributed by atoms with van der Waals surface area (Å²) in [6.45, 7) is 7.45. The Morgan fingerprint density at radius 2 is 1.61 bits per heavy atom. The smallest absolute Gasteiger partial charge is 0.255 e. The second-order valence-corrected chi connectivity index (χ2v) is 10.2.